The number of pyridine rings is 1. The molecule has 1 aliphatic carbocycles. The molecule has 1 aliphatic rings. The van der Waals surface area contributed by atoms with Crippen LogP contribution in [-0.2, 0) is 4.79 Å². The van der Waals surface area contributed by atoms with Gasteiger partial charge in [-0.1, -0.05) is 0 Å². The lowest BCUT2D eigenvalue weighted by atomic mass is 10.3. The van der Waals surface area contributed by atoms with Crippen LogP contribution in [0.25, 0.3) is 0 Å². The van der Waals surface area contributed by atoms with E-state index in [2.05, 4.69) is 15.6 Å². The summed E-state index contributed by atoms with van der Waals surface area (Å²) in [6.07, 6.45) is 3.62. The maximum absolute atomic E-state index is 11.3. The molecule has 0 aliphatic heterocycles. The zero-order chi connectivity index (χ0) is 12.1. The van der Waals surface area contributed by atoms with Crippen molar-refractivity contribution in [2.24, 2.45) is 5.92 Å². The predicted molar refractivity (Wildman–Crippen MR) is 63.2 cm³/mol. The molecule has 1 aromatic heterocycles. The minimum atomic E-state index is 0.144. The molecule has 17 heavy (non-hydrogen) atoms. The molecular formula is C12H14N4O. The molecule has 0 unspecified atom stereocenters. The number of hydrogen-bond donors (Lipinski definition) is 2. The van der Waals surface area contributed by atoms with Crippen molar-refractivity contribution in [3.63, 3.8) is 0 Å². The minimum Gasteiger partial charge on any atom is -0.368 e. The molecule has 0 bridgehead atoms. The number of nitriles is 1. The van der Waals surface area contributed by atoms with E-state index in [1.54, 1.807) is 18.3 Å². The highest BCUT2D eigenvalue weighted by molar-refractivity contribution is 5.80. The standard InChI is InChI=1S/C12H14N4O/c13-8-9-3-4-14-11(7-9)15-5-6-16-12(17)10-1-2-10/h3-4,7,10H,1-2,5-6H2,(H,14,15)(H,16,17). The van der Waals surface area contributed by atoms with E-state index in [0.717, 1.165) is 12.8 Å². The Labute approximate surface area is 99.9 Å². The predicted octanol–water partition coefficient (Wildman–Crippen LogP) is 0.891. The lowest BCUT2D eigenvalue weighted by Gasteiger charge is -2.06. The van der Waals surface area contributed by atoms with Gasteiger partial charge in [0.05, 0.1) is 11.6 Å². The van der Waals surface area contributed by atoms with E-state index >= 15 is 0 Å². The van der Waals surface area contributed by atoms with E-state index in [0.29, 0.717) is 24.5 Å². The van der Waals surface area contributed by atoms with Crippen LogP contribution in [0.4, 0.5) is 5.82 Å². The molecule has 1 amide bonds. The highest BCUT2D eigenvalue weighted by atomic mass is 16.2. The summed E-state index contributed by atoms with van der Waals surface area (Å²) in [5.41, 5.74) is 0.574. The zero-order valence-corrected chi connectivity index (χ0v) is 9.44. The molecule has 2 N–H and O–H groups in total. The largest absolute Gasteiger partial charge is 0.368 e. The fraction of sp³-hybridized carbons (Fsp3) is 0.417. The Morgan fingerprint density at radius 2 is 2.35 bits per heavy atom. The number of nitrogens with one attached hydrogen (secondary N) is 2. The van der Waals surface area contributed by atoms with Gasteiger partial charge in [-0.05, 0) is 25.0 Å². The maximum Gasteiger partial charge on any atom is 0.223 e. The molecule has 0 aromatic carbocycles. The molecule has 0 radical (unpaired) electrons. The summed E-state index contributed by atoms with van der Waals surface area (Å²) in [6.45, 7) is 1.19. The summed E-state index contributed by atoms with van der Waals surface area (Å²) < 4.78 is 0. The topological polar surface area (TPSA) is 77.8 Å². The van der Waals surface area contributed by atoms with Gasteiger partial charge in [0.1, 0.15) is 5.82 Å². The Kier molecular flexibility index (Phi) is 3.55. The second-order valence-corrected chi connectivity index (χ2v) is 4.03. The Hall–Kier alpha value is -2.09. The first kappa shape index (κ1) is 11.4. The molecule has 1 saturated carbocycles. The van der Waals surface area contributed by atoms with Crippen molar-refractivity contribution < 1.29 is 4.79 Å². The second kappa shape index (κ2) is 5.30. The third-order valence-corrected chi connectivity index (χ3v) is 2.57. The lowest BCUT2D eigenvalue weighted by Crippen LogP contribution is -2.29. The van der Waals surface area contributed by atoms with Crippen LogP contribution in [0.15, 0.2) is 18.3 Å². The van der Waals surface area contributed by atoms with Crippen LogP contribution in [0.2, 0.25) is 0 Å². The van der Waals surface area contributed by atoms with Crippen LogP contribution >= 0.6 is 0 Å². The number of aromatic nitrogens is 1. The molecule has 1 heterocycles. The number of carbonyl (C=O) groups excluding carboxylic acids is 1. The summed E-state index contributed by atoms with van der Waals surface area (Å²) in [5, 5.41) is 14.6. The van der Waals surface area contributed by atoms with Crippen LogP contribution in [0.3, 0.4) is 0 Å². The van der Waals surface area contributed by atoms with Gasteiger partial charge in [-0.25, -0.2) is 4.98 Å². The first-order valence-electron chi connectivity index (χ1n) is 5.67. The Morgan fingerprint density at radius 1 is 1.53 bits per heavy atom. The van der Waals surface area contributed by atoms with E-state index < -0.39 is 0 Å². The molecule has 0 saturated heterocycles. The highest BCUT2D eigenvalue weighted by Crippen LogP contribution is 2.28. The quantitative estimate of drug-likeness (QED) is 0.736. The van der Waals surface area contributed by atoms with Crippen LogP contribution in [-0.4, -0.2) is 24.0 Å². The van der Waals surface area contributed by atoms with Crippen LogP contribution in [0, 0.1) is 17.2 Å². The van der Waals surface area contributed by atoms with Crippen molar-refractivity contribution in [1.82, 2.24) is 10.3 Å². The van der Waals surface area contributed by atoms with E-state index in [-0.39, 0.29) is 11.8 Å². The van der Waals surface area contributed by atoms with Crippen molar-refractivity contribution in [3.05, 3.63) is 23.9 Å². The van der Waals surface area contributed by atoms with Crippen LogP contribution < -0.4 is 10.6 Å². The summed E-state index contributed by atoms with van der Waals surface area (Å²) in [4.78, 5) is 15.4. The van der Waals surface area contributed by atoms with Crippen molar-refractivity contribution >= 4 is 11.7 Å². The summed E-state index contributed by atoms with van der Waals surface area (Å²) in [5.74, 6) is 1.05. The van der Waals surface area contributed by atoms with E-state index in [9.17, 15) is 4.79 Å². The molecule has 0 atom stereocenters. The minimum absolute atomic E-state index is 0.144. The molecule has 5 heteroatoms. The van der Waals surface area contributed by atoms with Gasteiger partial charge >= 0.3 is 0 Å². The van der Waals surface area contributed by atoms with E-state index in [1.807, 2.05) is 6.07 Å². The molecular weight excluding hydrogens is 216 g/mol. The first-order chi connectivity index (χ1) is 8.29. The van der Waals surface area contributed by atoms with Crippen molar-refractivity contribution in [2.45, 2.75) is 12.8 Å². The second-order valence-electron chi connectivity index (χ2n) is 4.03. The number of hydrogen-bond acceptors (Lipinski definition) is 4. The van der Waals surface area contributed by atoms with Crippen LogP contribution in [0.5, 0.6) is 0 Å². The molecule has 1 fully saturated rings. The Balaban J connectivity index is 1.70. The monoisotopic (exact) mass is 230 g/mol. The number of anilines is 1. The molecule has 0 spiro atoms. The zero-order valence-electron chi connectivity index (χ0n) is 9.44. The number of rotatable bonds is 5. The third-order valence-electron chi connectivity index (χ3n) is 2.57. The van der Waals surface area contributed by atoms with Gasteiger partial charge in [0, 0.05) is 25.2 Å². The Morgan fingerprint density at radius 3 is 3.06 bits per heavy atom. The fourth-order valence-electron chi connectivity index (χ4n) is 1.46. The van der Waals surface area contributed by atoms with E-state index in [4.69, 9.17) is 5.26 Å². The van der Waals surface area contributed by atoms with Crippen molar-refractivity contribution in [2.75, 3.05) is 18.4 Å². The number of carbonyl (C=O) groups is 1. The lowest BCUT2D eigenvalue weighted by molar-refractivity contribution is -0.122. The summed E-state index contributed by atoms with van der Waals surface area (Å²) in [7, 11) is 0. The average Bonchev–Trinajstić information content (AvgIpc) is 3.19. The molecule has 1 aromatic rings. The van der Waals surface area contributed by atoms with Gasteiger partial charge in [0.25, 0.3) is 0 Å². The first-order valence-corrected chi connectivity index (χ1v) is 5.67. The summed E-state index contributed by atoms with van der Waals surface area (Å²) >= 11 is 0. The fourth-order valence-corrected chi connectivity index (χ4v) is 1.46. The van der Waals surface area contributed by atoms with Gasteiger partial charge in [-0.3, -0.25) is 4.79 Å². The van der Waals surface area contributed by atoms with Crippen molar-refractivity contribution in [3.8, 4) is 6.07 Å². The maximum atomic E-state index is 11.3. The number of amides is 1. The van der Waals surface area contributed by atoms with Gasteiger partial charge < -0.3 is 10.6 Å². The Bertz CT molecular complexity index is 448. The van der Waals surface area contributed by atoms with E-state index in [1.165, 1.54) is 0 Å². The normalized spacial score (nSPS) is 13.8. The van der Waals surface area contributed by atoms with Gasteiger partial charge in [0.15, 0.2) is 0 Å². The SMILES string of the molecule is N#Cc1ccnc(NCCNC(=O)C2CC2)c1. The van der Waals surface area contributed by atoms with Crippen LogP contribution in [0.1, 0.15) is 18.4 Å². The number of nitrogens with zero attached hydrogens (tertiary/aromatic N) is 2. The average molecular weight is 230 g/mol. The van der Waals surface area contributed by atoms with Crippen molar-refractivity contribution in [1.29, 1.82) is 5.26 Å². The van der Waals surface area contributed by atoms with Gasteiger partial charge in [-0.15, -0.1) is 0 Å². The summed E-state index contributed by atoms with van der Waals surface area (Å²) in [6, 6.07) is 5.39. The van der Waals surface area contributed by atoms with Gasteiger partial charge in [-0.2, -0.15) is 5.26 Å². The van der Waals surface area contributed by atoms with Gasteiger partial charge in [0.2, 0.25) is 5.91 Å². The molecule has 5 nitrogen and oxygen atoms in total. The highest BCUT2D eigenvalue weighted by Gasteiger charge is 2.28. The molecule has 2 rings (SSSR count). The molecule has 88 valence electrons. The smallest absolute Gasteiger partial charge is 0.223 e. The third kappa shape index (κ3) is 3.45.